The highest BCUT2D eigenvalue weighted by Gasteiger charge is 2.41. The summed E-state index contributed by atoms with van der Waals surface area (Å²) in [4.78, 5) is 28.5. The minimum absolute atomic E-state index is 0.0461. The Morgan fingerprint density at radius 3 is 2.54 bits per heavy atom. The Morgan fingerprint density at radius 1 is 1.06 bits per heavy atom. The Morgan fingerprint density at radius 2 is 1.83 bits per heavy atom. The minimum Gasteiger partial charge on any atom is -0.497 e. The number of Topliss-reactive ketones (excluding diaryl/α,β-unsaturated/α-hetero) is 1. The second-order valence-corrected chi connectivity index (χ2v) is 8.96. The second kappa shape index (κ2) is 9.55. The SMILES string of the molecule is COc1ccc([C@@H]2CC(=O)C3=C(C2)Nc2ccccc2N(C(=O)CCl)[C@@H]3c2cccc(F)c2)cc1. The van der Waals surface area contributed by atoms with E-state index >= 15 is 0 Å². The van der Waals surface area contributed by atoms with Gasteiger partial charge < -0.3 is 10.1 Å². The molecule has 1 aliphatic heterocycles. The van der Waals surface area contributed by atoms with E-state index in [0.29, 0.717) is 28.9 Å². The molecule has 35 heavy (non-hydrogen) atoms. The van der Waals surface area contributed by atoms with Crippen molar-refractivity contribution in [2.24, 2.45) is 0 Å². The van der Waals surface area contributed by atoms with Gasteiger partial charge in [0, 0.05) is 17.7 Å². The van der Waals surface area contributed by atoms with E-state index in [1.165, 1.54) is 17.0 Å². The molecule has 178 valence electrons. The first kappa shape index (κ1) is 23.1. The van der Waals surface area contributed by atoms with Crippen LogP contribution in [-0.4, -0.2) is 24.7 Å². The molecule has 0 aromatic heterocycles. The molecule has 5 rings (SSSR count). The summed E-state index contributed by atoms with van der Waals surface area (Å²) in [6, 6.07) is 20.3. The highest BCUT2D eigenvalue weighted by Crippen LogP contribution is 2.47. The average molecular weight is 491 g/mol. The van der Waals surface area contributed by atoms with Crippen molar-refractivity contribution >= 4 is 34.7 Å². The predicted molar refractivity (Wildman–Crippen MR) is 134 cm³/mol. The summed E-state index contributed by atoms with van der Waals surface area (Å²) in [5.41, 5.74) is 4.03. The third kappa shape index (κ3) is 4.30. The van der Waals surface area contributed by atoms with Crippen LogP contribution in [0.15, 0.2) is 84.1 Å². The van der Waals surface area contributed by atoms with E-state index in [-0.39, 0.29) is 29.9 Å². The summed E-state index contributed by atoms with van der Waals surface area (Å²) in [5, 5.41) is 3.44. The summed E-state index contributed by atoms with van der Waals surface area (Å²) in [6.45, 7) is 0. The maximum Gasteiger partial charge on any atom is 0.242 e. The van der Waals surface area contributed by atoms with Crippen molar-refractivity contribution in [3.05, 3.63) is 101 Å². The summed E-state index contributed by atoms with van der Waals surface area (Å²) >= 11 is 6.03. The van der Waals surface area contributed by atoms with E-state index in [2.05, 4.69) is 5.32 Å². The number of ketones is 1. The average Bonchev–Trinajstić information content (AvgIpc) is 3.03. The van der Waals surface area contributed by atoms with Crippen molar-refractivity contribution in [3.8, 4) is 5.75 Å². The molecule has 0 bridgehead atoms. The molecular weight excluding hydrogens is 467 g/mol. The van der Waals surface area contributed by atoms with Crippen LogP contribution < -0.4 is 15.0 Å². The molecule has 0 radical (unpaired) electrons. The van der Waals surface area contributed by atoms with Gasteiger partial charge >= 0.3 is 0 Å². The molecule has 1 N–H and O–H groups in total. The van der Waals surface area contributed by atoms with Gasteiger partial charge in [0.2, 0.25) is 5.91 Å². The number of rotatable bonds is 4. The van der Waals surface area contributed by atoms with Gasteiger partial charge in [-0.3, -0.25) is 14.5 Å². The number of carbonyl (C=O) groups is 2. The molecule has 3 aromatic rings. The highest BCUT2D eigenvalue weighted by molar-refractivity contribution is 6.30. The molecule has 5 nitrogen and oxygen atoms in total. The van der Waals surface area contributed by atoms with Gasteiger partial charge in [0.1, 0.15) is 17.4 Å². The Bertz CT molecular complexity index is 1320. The number of alkyl halides is 1. The number of nitrogens with zero attached hydrogens (tertiary/aromatic N) is 1. The first-order valence-electron chi connectivity index (χ1n) is 11.4. The number of fused-ring (bicyclic) bond motifs is 1. The summed E-state index contributed by atoms with van der Waals surface area (Å²) in [5.74, 6) is -0.462. The third-order valence-electron chi connectivity index (χ3n) is 6.62. The number of hydrogen-bond acceptors (Lipinski definition) is 4. The minimum atomic E-state index is -0.799. The number of halogens is 2. The van der Waals surface area contributed by atoms with Gasteiger partial charge in [0.05, 0.1) is 24.5 Å². The lowest BCUT2D eigenvalue weighted by molar-refractivity contribution is -0.117. The number of amides is 1. The summed E-state index contributed by atoms with van der Waals surface area (Å²) in [7, 11) is 1.61. The molecule has 1 amide bonds. The number of hydrogen-bond donors (Lipinski definition) is 1. The zero-order valence-electron chi connectivity index (χ0n) is 19.1. The third-order valence-corrected chi connectivity index (χ3v) is 6.85. The molecule has 7 heteroatoms. The van der Waals surface area contributed by atoms with Crippen molar-refractivity contribution in [1.82, 2.24) is 0 Å². The van der Waals surface area contributed by atoms with Crippen molar-refractivity contribution in [2.45, 2.75) is 24.8 Å². The number of benzene rings is 3. The fourth-order valence-electron chi connectivity index (χ4n) is 5.03. The number of ether oxygens (including phenoxy) is 1. The number of nitrogens with one attached hydrogen (secondary N) is 1. The molecule has 2 atom stereocenters. The predicted octanol–water partition coefficient (Wildman–Crippen LogP) is 5.97. The lowest BCUT2D eigenvalue weighted by atomic mass is 9.78. The number of methoxy groups -OCH3 is 1. The molecule has 0 saturated carbocycles. The van der Waals surface area contributed by atoms with Crippen LogP contribution in [0.1, 0.15) is 35.9 Å². The largest absolute Gasteiger partial charge is 0.497 e. The van der Waals surface area contributed by atoms with Crippen LogP contribution in [0.5, 0.6) is 5.75 Å². The van der Waals surface area contributed by atoms with Gasteiger partial charge in [-0.05, 0) is 59.9 Å². The van der Waals surface area contributed by atoms with E-state index in [1.54, 1.807) is 19.2 Å². The quantitative estimate of drug-likeness (QED) is 0.457. The fraction of sp³-hybridized carbons (Fsp3) is 0.214. The zero-order chi connectivity index (χ0) is 24.5. The Balaban J connectivity index is 1.68. The molecule has 1 heterocycles. The number of carbonyl (C=O) groups excluding carboxylic acids is 2. The van der Waals surface area contributed by atoms with E-state index in [4.69, 9.17) is 16.3 Å². The van der Waals surface area contributed by atoms with Crippen LogP contribution >= 0.6 is 11.6 Å². The number of allylic oxidation sites excluding steroid dienone is 1. The molecule has 3 aromatic carbocycles. The van der Waals surface area contributed by atoms with Gasteiger partial charge in [-0.2, -0.15) is 0 Å². The molecule has 2 aliphatic rings. The van der Waals surface area contributed by atoms with Crippen molar-refractivity contribution in [3.63, 3.8) is 0 Å². The van der Waals surface area contributed by atoms with Crippen LogP contribution in [0.25, 0.3) is 0 Å². The standard InChI is InChI=1S/C28H24ClFN2O3/c1-35-21-11-9-17(10-12-21)19-14-23-27(25(33)15-19)28(18-5-4-6-20(30)13-18)32(26(34)16-29)24-8-3-2-7-22(24)31-23/h2-13,19,28,31H,14-16H2,1H3/t19-,28+/m0/s1. The molecule has 0 saturated heterocycles. The van der Waals surface area contributed by atoms with Crippen LogP contribution in [-0.2, 0) is 9.59 Å². The lowest BCUT2D eigenvalue weighted by Gasteiger charge is -2.35. The Kier molecular flexibility index (Phi) is 6.31. The van der Waals surface area contributed by atoms with Crippen molar-refractivity contribution in [2.75, 3.05) is 23.2 Å². The highest BCUT2D eigenvalue weighted by atomic mass is 35.5. The van der Waals surface area contributed by atoms with Crippen LogP contribution in [0.3, 0.4) is 0 Å². The van der Waals surface area contributed by atoms with E-state index in [1.807, 2.05) is 48.5 Å². The molecule has 1 aliphatic carbocycles. The maximum absolute atomic E-state index is 14.3. The van der Waals surface area contributed by atoms with E-state index in [0.717, 1.165) is 17.0 Å². The molecular formula is C28H24ClFN2O3. The van der Waals surface area contributed by atoms with Gasteiger partial charge in [0.25, 0.3) is 0 Å². The Labute approximate surface area is 208 Å². The molecule has 0 spiro atoms. The maximum atomic E-state index is 14.3. The van der Waals surface area contributed by atoms with Crippen LogP contribution in [0, 0.1) is 5.82 Å². The first-order chi connectivity index (χ1) is 17.0. The van der Waals surface area contributed by atoms with Crippen molar-refractivity contribution < 1.29 is 18.7 Å². The van der Waals surface area contributed by atoms with Crippen LogP contribution in [0.2, 0.25) is 0 Å². The van der Waals surface area contributed by atoms with Gasteiger partial charge in [-0.25, -0.2) is 4.39 Å². The van der Waals surface area contributed by atoms with Gasteiger partial charge in [-0.1, -0.05) is 36.4 Å². The normalized spacial score (nSPS) is 19.4. The number of para-hydroxylation sites is 2. The summed E-state index contributed by atoms with van der Waals surface area (Å²) < 4.78 is 19.6. The topological polar surface area (TPSA) is 58.6 Å². The van der Waals surface area contributed by atoms with E-state index < -0.39 is 11.9 Å². The van der Waals surface area contributed by atoms with Crippen LogP contribution in [0.4, 0.5) is 15.8 Å². The molecule has 0 unspecified atom stereocenters. The smallest absolute Gasteiger partial charge is 0.242 e. The Hall–Kier alpha value is -3.64. The monoisotopic (exact) mass is 490 g/mol. The summed E-state index contributed by atoms with van der Waals surface area (Å²) in [6.07, 6.45) is 0.842. The fourth-order valence-corrected chi connectivity index (χ4v) is 5.16. The van der Waals surface area contributed by atoms with E-state index in [9.17, 15) is 14.0 Å². The van der Waals surface area contributed by atoms with Crippen molar-refractivity contribution in [1.29, 1.82) is 0 Å². The van der Waals surface area contributed by atoms with Gasteiger partial charge in [-0.15, -0.1) is 11.6 Å². The lowest BCUT2D eigenvalue weighted by Crippen LogP contribution is -2.39. The second-order valence-electron chi connectivity index (χ2n) is 8.69. The zero-order valence-corrected chi connectivity index (χ0v) is 19.9. The van der Waals surface area contributed by atoms with Gasteiger partial charge in [0.15, 0.2) is 5.78 Å². The first-order valence-corrected chi connectivity index (χ1v) is 11.9. The number of anilines is 2. The molecule has 0 fully saturated rings.